The molecule has 1 rings (SSSR count). The summed E-state index contributed by atoms with van der Waals surface area (Å²) in [6.45, 7) is 6.68. The minimum absolute atomic E-state index is 0.00209. The summed E-state index contributed by atoms with van der Waals surface area (Å²) in [5.41, 5.74) is 6.26. The Morgan fingerprint density at radius 3 is 2.47 bits per heavy atom. The topological polar surface area (TPSA) is 29.3 Å². The van der Waals surface area contributed by atoms with Crippen LogP contribution in [0.25, 0.3) is 0 Å². The Labute approximate surface area is 95.2 Å². The predicted molar refractivity (Wildman–Crippen MR) is 67.0 cm³/mol. The first-order valence-corrected chi connectivity index (χ1v) is 6.51. The van der Waals surface area contributed by atoms with Crippen molar-refractivity contribution < 1.29 is 0 Å². The molecule has 0 heterocycles. The molecule has 0 spiro atoms. The Balaban J connectivity index is 2.24. The largest absolute Gasteiger partial charge is 0.324 e. The zero-order valence-corrected chi connectivity index (χ0v) is 10.8. The second-order valence-corrected chi connectivity index (χ2v) is 5.75. The van der Waals surface area contributed by atoms with Gasteiger partial charge in [-0.2, -0.15) is 0 Å². The molecule has 0 radical (unpaired) electrons. The molecule has 0 aromatic carbocycles. The fourth-order valence-corrected chi connectivity index (χ4v) is 2.97. The van der Waals surface area contributed by atoms with E-state index in [9.17, 15) is 0 Å². The van der Waals surface area contributed by atoms with E-state index in [1.54, 1.807) is 0 Å². The van der Waals surface area contributed by atoms with E-state index in [4.69, 9.17) is 5.73 Å². The second-order valence-electron chi connectivity index (χ2n) is 5.75. The normalized spacial score (nSPS) is 22.2. The van der Waals surface area contributed by atoms with Crippen LogP contribution in [0.15, 0.2) is 0 Å². The van der Waals surface area contributed by atoms with E-state index >= 15 is 0 Å². The van der Waals surface area contributed by atoms with Gasteiger partial charge < -0.3 is 10.6 Å². The highest BCUT2D eigenvalue weighted by Gasteiger charge is 2.22. The van der Waals surface area contributed by atoms with Crippen molar-refractivity contribution in [1.82, 2.24) is 4.90 Å². The molecule has 0 aliphatic heterocycles. The number of nitrogens with two attached hydrogens (primary N) is 1. The van der Waals surface area contributed by atoms with Crippen LogP contribution < -0.4 is 5.73 Å². The summed E-state index contributed by atoms with van der Waals surface area (Å²) >= 11 is 0. The van der Waals surface area contributed by atoms with Crippen LogP contribution in [0.2, 0.25) is 0 Å². The lowest BCUT2D eigenvalue weighted by molar-refractivity contribution is 0.217. The zero-order valence-electron chi connectivity index (χ0n) is 10.8. The van der Waals surface area contributed by atoms with E-state index in [0.717, 1.165) is 18.9 Å². The summed E-state index contributed by atoms with van der Waals surface area (Å²) in [4.78, 5) is 2.44. The van der Waals surface area contributed by atoms with Crippen LogP contribution in [-0.4, -0.2) is 30.6 Å². The summed E-state index contributed by atoms with van der Waals surface area (Å²) in [6, 6.07) is 0. The quantitative estimate of drug-likeness (QED) is 0.733. The van der Waals surface area contributed by atoms with Crippen molar-refractivity contribution in [3.63, 3.8) is 0 Å². The smallest absolute Gasteiger partial charge is 0.0254 e. The Morgan fingerprint density at radius 1 is 1.33 bits per heavy atom. The minimum atomic E-state index is 0.00209. The lowest BCUT2D eigenvalue weighted by Gasteiger charge is -2.31. The van der Waals surface area contributed by atoms with Crippen molar-refractivity contribution >= 4 is 0 Å². The fraction of sp³-hybridized carbons (Fsp3) is 1.00. The van der Waals surface area contributed by atoms with Crippen LogP contribution in [0, 0.1) is 5.92 Å². The first-order valence-electron chi connectivity index (χ1n) is 6.51. The van der Waals surface area contributed by atoms with E-state index in [2.05, 4.69) is 25.8 Å². The fourth-order valence-electron chi connectivity index (χ4n) is 2.97. The van der Waals surface area contributed by atoms with Gasteiger partial charge in [-0.05, 0) is 39.2 Å². The number of hydrogen-bond donors (Lipinski definition) is 1. The molecular formula is C13H28N2. The summed E-state index contributed by atoms with van der Waals surface area (Å²) < 4.78 is 0. The maximum atomic E-state index is 6.26. The van der Waals surface area contributed by atoms with Crippen molar-refractivity contribution in [2.45, 2.75) is 57.9 Å². The van der Waals surface area contributed by atoms with E-state index < -0.39 is 0 Å². The highest BCUT2D eigenvalue weighted by Crippen LogP contribution is 2.25. The molecule has 0 saturated heterocycles. The van der Waals surface area contributed by atoms with Crippen LogP contribution in [0.4, 0.5) is 0 Å². The number of nitrogens with zero attached hydrogens (tertiary/aromatic N) is 1. The van der Waals surface area contributed by atoms with Gasteiger partial charge in [-0.1, -0.05) is 26.2 Å². The van der Waals surface area contributed by atoms with Gasteiger partial charge in [-0.25, -0.2) is 0 Å². The third kappa shape index (κ3) is 4.98. The summed E-state index contributed by atoms with van der Waals surface area (Å²) in [5.74, 6) is 0.937. The average Bonchev–Trinajstić information content (AvgIpc) is 2.54. The summed E-state index contributed by atoms with van der Waals surface area (Å²) in [5, 5.41) is 0. The third-order valence-corrected chi connectivity index (χ3v) is 3.50. The molecule has 15 heavy (non-hydrogen) atoms. The molecule has 0 bridgehead atoms. The van der Waals surface area contributed by atoms with Gasteiger partial charge in [0, 0.05) is 18.6 Å². The van der Waals surface area contributed by atoms with Gasteiger partial charge in [0.05, 0.1) is 0 Å². The number of hydrogen-bond acceptors (Lipinski definition) is 2. The number of rotatable bonds is 6. The lowest BCUT2D eigenvalue weighted by atomic mass is 9.96. The van der Waals surface area contributed by atoms with Crippen LogP contribution in [-0.2, 0) is 0 Å². The molecule has 1 aliphatic rings. The molecule has 0 aromatic rings. The van der Waals surface area contributed by atoms with Crippen LogP contribution >= 0.6 is 0 Å². The van der Waals surface area contributed by atoms with Gasteiger partial charge in [0.15, 0.2) is 0 Å². The first-order chi connectivity index (χ1) is 7.03. The maximum absolute atomic E-state index is 6.26. The molecule has 2 nitrogen and oxygen atoms in total. The Morgan fingerprint density at radius 2 is 1.93 bits per heavy atom. The minimum Gasteiger partial charge on any atom is -0.324 e. The lowest BCUT2D eigenvalue weighted by Crippen LogP contribution is -2.47. The Hall–Kier alpha value is -0.0800. The van der Waals surface area contributed by atoms with Crippen LogP contribution in [0.1, 0.15) is 52.4 Å². The van der Waals surface area contributed by atoms with Crippen LogP contribution in [0.5, 0.6) is 0 Å². The predicted octanol–water partition coefficient (Wildman–Crippen LogP) is 2.63. The molecule has 0 aromatic heterocycles. The van der Waals surface area contributed by atoms with E-state index in [1.807, 2.05) is 0 Å². The van der Waals surface area contributed by atoms with E-state index in [0.29, 0.717) is 0 Å². The van der Waals surface area contributed by atoms with Gasteiger partial charge in [0.1, 0.15) is 0 Å². The summed E-state index contributed by atoms with van der Waals surface area (Å²) in [7, 11) is 2.22. The SMILES string of the molecule is CCCC(C)(N)CN(C)CC1CCCC1. The second kappa shape index (κ2) is 5.86. The van der Waals surface area contributed by atoms with E-state index in [-0.39, 0.29) is 5.54 Å². The molecule has 2 heteroatoms. The van der Waals surface area contributed by atoms with Gasteiger partial charge in [0.25, 0.3) is 0 Å². The van der Waals surface area contributed by atoms with Crippen molar-refractivity contribution in [2.24, 2.45) is 11.7 Å². The van der Waals surface area contributed by atoms with E-state index in [1.165, 1.54) is 38.6 Å². The molecule has 90 valence electrons. The zero-order chi connectivity index (χ0) is 11.3. The van der Waals surface area contributed by atoms with Crippen molar-refractivity contribution in [2.75, 3.05) is 20.1 Å². The highest BCUT2D eigenvalue weighted by molar-refractivity contribution is 4.82. The summed E-state index contributed by atoms with van der Waals surface area (Å²) in [6.07, 6.45) is 8.05. The molecule has 1 saturated carbocycles. The number of likely N-dealkylation sites (N-methyl/N-ethyl adjacent to an activating group) is 1. The first kappa shape index (κ1) is 13.0. The Bertz CT molecular complexity index is 171. The monoisotopic (exact) mass is 212 g/mol. The molecule has 0 amide bonds. The van der Waals surface area contributed by atoms with Crippen LogP contribution in [0.3, 0.4) is 0 Å². The molecule has 2 N–H and O–H groups in total. The van der Waals surface area contributed by atoms with Crippen molar-refractivity contribution in [3.05, 3.63) is 0 Å². The van der Waals surface area contributed by atoms with Gasteiger partial charge in [-0.15, -0.1) is 0 Å². The van der Waals surface area contributed by atoms with Gasteiger partial charge >= 0.3 is 0 Å². The average molecular weight is 212 g/mol. The van der Waals surface area contributed by atoms with Gasteiger partial charge in [0.2, 0.25) is 0 Å². The Kier molecular flexibility index (Phi) is 5.07. The highest BCUT2D eigenvalue weighted by atomic mass is 15.1. The molecule has 1 aliphatic carbocycles. The van der Waals surface area contributed by atoms with Crippen molar-refractivity contribution in [1.29, 1.82) is 0 Å². The van der Waals surface area contributed by atoms with Gasteiger partial charge in [-0.3, -0.25) is 0 Å². The molecule has 1 fully saturated rings. The molecular weight excluding hydrogens is 184 g/mol. The molecule has 1 unspecified atom stereocenters. The maximum Gasteiger partial charge on any atom is 0.0254 e. The third-order valence-electron chi connectivity index (χ3n) is 3.50. The molecule has 1 atom stereocenters. The standard InChI is InChI=1S/C13H28N2/c1-4-9-13(2,14)11-15(3)10-12-7-5-6-8-12/h12H,4-11,14H2,1-3H3. The van der Waals surface area contributed by atoms with Crippen molar-refractivity contribution in [3.8, 4) is 0 Å².